The van der Waals surface area contributed by atoms with Crippen LogP contribution in [0.25, 0.3) is 0 Å². The lowest BCUT2D eigenvalue weighted by atomic mass is 11.0. The molecule has 0 saturated heterocycles. The predicted octanol–water partition coefficient (Wildman–Crippen LogP) is 0.314. The van der Waals surface area contributed by atoms with Crippen LogP contribution in [0.3, 0.4) is 0 Å². The summed E-state index contributed by atoms with van der Waals surface area (Å²) in [5.41, 5.74) is 4.08. The van der Waals surface area contributed by atoms with E-state index in [2.05, 4.69) is 10.4 Å². The molecular weight excluding hydrogens is 122 g/mol. The van der Waals surface area contributed by atoms with Gasteiger partial charge in [-0.3, -0.25) is 0 Å². The van der Waals surface area contributed by atoms with Gasteiger partial charge in [-0.25, -0.2) is 9.66 Å². The monoisotopic (exact) mass is 126 g/mol. The van der Waals surface area contributed by atoms with Crippen LogP contribution < -0.4 is 5.43 Å². The van der Waals surface area contributed by atoms with Crippen LogP contribution in [0.5, 0.6) is 0 Å². The normalized spacial score (nSPS) is 15.5. The Morgan fingerprint density at radius 2 is 2.75 bits per heavy atom. The number of thioether (sulfide) groups is 1. The molecule has 41 valence electrons. The second kappa shape index (κ2) is 1.42. The summed E-state index contributed by atoms with van der Waals surface area (Å²) in [7, 11) is 0. The minimum atomic E-state index is 0.823. The highest BCUT2D eigenvalue weighted by Crippen LogP contribution is 2.18. The SMILES string of the molecule is c1cn2c(n1)SC[N]2. The number of hydrogen-bond donors (Lipinski definition) is 0. The fourth-order valence-electron chi connectivity index (χ4n) is 0.643. The van der Waals surface area contributed by atoms with Gasteiger partial charge in [0, 0.05) is 12.4 Å². The number of rotatable bonds is 0. The molecular formula is C4H4N3S. The van der Waals surface area contributed by atoms with E-state index in [1.54, 1.807) is 22.6 Å². The zero-order valence-corrected chi connectivity index (χ0v) is 4.93. The molecule has 4 heteroatoms. The number of fused-ring (bicyclic) bond motifs is 1. The highest BCUT2D eigenvalue weighted by atomic mass is 32.2. The van der Waals surface area contributed by atoms with E-state index in [4.69, 9.17) is 0 Å². The predicted molar refractivity (Wildman–Crippen MR) is 30.5 cm³/mol. The molecule has 1 aliphatic rings. The maximum Gasteiger partial charge on any atom is 0.190 e. The van der Waals surface area contributed by atoms with Gasteiger partial charge in [-0.05, 0) is 0 Å². The summed E-state index contributed by atoms with van der Waals surface area (Å²) in [5, 5.41) is 1.00. The number of nitrogens with zero attached hydrogens (tertiary/aromatic N) is 3. The molecule has 1 radical (unpaired) electrons. The first kappa shape index (κ1) is 4.26. The van der Waals surface area contributed by atoms with Crippen LogP contribution in [0, 0.1) is 0 Å². The van der Waals surface area contributed by atoms with Gasteiger partial charge in [-0.2, -0.15) is 5.43 Å². The van der Waals surface area contributed by atoms with Crippen molar-refractivity contribution in [3.05, 3.63) is 12.4 Å². The number of aromatic nitrogens is 2. The molecule has 0 spiro atoms. The summed E-state index contributed by atoms with van der Waals surface area (Å²) in [5.74, 6) is 0.823. The van der Waals surface area contributed by atoms with Crippen molar-refractivity contribution in [1.82, 2.24) is 15.1 Å². The van der Waals surface area contributed by atoms with Crippen LogP contribution in [0.2, 0.25) is 0 Å². The van der Waals surface area contributed by atoms with E-state index in [-0.39, 0.29) is 0 Å². The third kappa shape index (κ3) is 0.432. The Morgan fingerprint density at radius 1 is 1.75 bits per heavy atom. The first-order valence-electron chi connectivity index (χ1n) is 2.31. The van der Waals surface area contributed by atoms with Gasteiger partial charge in [0.15, 0.2) is 5.16 Å². The molecule has 1 aromatic rings. The van der Waals surface area contributed by atoms with Crippen LogP contribution in [-0.2, 0) is 0 Å². The van der Waals surface area contributed by atoms with Crippen molar-refractivity contribution in [2.24, 2.45) is 0 Å². The van der Waals surface area contributed by atoms with Gasteiger partial charge >= 0.3 is 0 Å². The highest BCUT2D eigenvalue weighted by molar-refractivity contribution is 7.99. The van der Waals surface area contributed by atoms with Crippen LogP contribution in [0.4, 0.5) is 0 Å². The number of imidazole rings is 1. The Balaban J connectivity index is 2.54. The molecule has 8 heavy (non-hydrogen) atoms. The zero-order chi connectivity index (χ0) is 5.40. The van der Waals surface area contributed by atoms with Gasteiger partial charge in [-0.15, -0.1) is 0 Å². The van der Waals surface area contributed by atoms with Crippen molar-refractivity contribution < 1.29 is 0 Å². The van der Waals surface area contributed by atoms with Crippen LogP contribution in [-0.4, -0.2) is 15.5 Å². The summed E-state index contributed by atoms with van der Waals surface area (Å²) in [6.45, 7) is 0. The van der Waals surface area contributed by atoms with Crippen molar-refractivity contribution in [2.75, 3.05) is 5.88 Å². The van der Waals surface area contributed by atoms with E-state index in [1.807, 2.05) is 6.20 Å². The largest absolute Gasteiger partial charge is 0.229 e. The van der Waals surface area contributed by atoms with Crippen molar-refractivity contribution in [3.8, 4) is 0 Å². The first-order chi connectivity index (χ1) is 3.97. The maximum absolute atomic E-state index is 4.08. The molecule has 1 aromatic heterocycles. The molecule has 2 heterocycles. The molecule has 0 fully saturated rings. The Hall–Kier alpha value is -0.640. The molecule has 0 N–H and O–H groups in total. The zero-order valence-electron chi connectivity index (χ0n) is 4.11. The fraction of sp³-hybridized carbons (Fsp3) is 0.250. The molecule has 1 aliphatic heterocycles. The molecule has 0 bridgehead atoms. The molecule has 0 unspecified atom stereocenters. The topological polar surface area (TPSA) is 31.9 Å². The average molecular weight is 126 g/mol. The van der Waals surface area contributed by atoms with Crippen molar-refractivity contribution >= 4 is 11.8 Å². The molecule has 0 aromatic carbocycles. The third-order valence-electron chi connectivity index (χ3n) is 0.993. The van der Waals surface area contributed by atoms with Gasteiger partial charge in [0.1, 0.15) is 5.88 Å². The van der Waals surface area contributed by atoms with Gasteiger partial charge < -0.3 is 0 Å². The van der Waals surface area contributed by atoms with E-state index >= 15 is 0 Å². The Morgan fingerprint density at radius 3 is 3.62 bits per heavy atom. The minimum absolute atomic E-state index is 0.823. The van der Waals surface area contributed by atoms with Gasteiger partial charge in [0.2, 0.25) is 0 Å². The lowest BCUT2D eigenvalue weighted by Crippen LogP contribution is -2.02. The summed E-state index contributed by atoms with van der Waals surface area (Å²) >= 11 is 1.66. The number of hydrogen-bond acceptors (Lipinski definition) is 2. The summed E-state index contributed by atoms with van der Waals surface area (Å²) in [6, 6.07) is 0. The van der Waals surface area contributed by atoms with Crippen molar-refractivity contribution in [2.45, 2.75) is 5.16 Å². The molecule has 0 aliphatic carbocycles. The molecule has 2 rings (SSSR count). The average Bonchev–Trinajstić information content (AvgIpc) is 2.15. The second-order valence-corrected chi connectivity index (χ2v) is 2.38. The molecule has 0 saturated carbocycles. The van der Waals surface area contributed by atoms with Crippen LogP contribution in [0.15, 0.2) is 17.6 Å². The lowest BCUT2D eigenvalue weighted by Gasteiger charge is -1.86. The van der Waals surface area contributed by atoms with Gasteiger partial charge in [0.25, 0.3) is 0 Å². The molecule has 0 amide bonds. The van der Waals surface area contributed by atoms with E-state index in [1.165, 1.54) is 0 Å². The van der Waals surface area contributed by atoms with Crippen molar-refractivity contribution in [1.29, 1.82) is 0 Å². The standard InChI is InChI=1S/C4H4N3S/c1-2-7-4(5-1)8-3-6-7/h1-2H,3H2. The van der Waals surface area contributed by atoms with Gasteiger partial charge in [-0.1, -0.05) is 11.8 Å². The van der Waals surface area contributed by atoms with Crippen molar-refractivity contribution in [3.63, 3.8) is 0 Å². The van der Waals surface area contributed by atoms with E-state index in [0.717, 1.165) is 11.0 Å². The highest BCUT2D eigenvalue weighted by Gasteiger charge is 2.09. The Kier molecular flexibility index (Phi) is 0.754. The van der Waals surface area contributed by atoms with E-state index in [0.29, 0.717) is 0 Å². The first-order valence-corrected chi connectivity index (χ1v) is 3.29. The van der Waals surface area contributed by atoms with Gasteiger partial charge in [0.05, 0.1) is 0 Å². The molecule has 0 atom stereocenters. The lowest BCUT2D eigenvalue weighted by molar-refractivity contribution is 0.609. The Bertz CT molecular complexity index is 176. The smallest absolute Gasteiger partial charge is 0.190 e. The van der Waals surface area contributed by atoms with E-state index in [9.17, 15) is 0 Å². The summed E-state index contributed by atoms with van der Waals surface area (Å²) < 4.78 is 1.80. The molecule has 3 nitrogen and oxygen atoms in total. The summed E-state index contributed by atoms with van der Waals surface area (Å²) in [4.78, 5) is 4.03. The minimum Gasteiger partial charge on any atom is -0.229 e. The Labute approximate surface area is 51.1 Å². The fourth-order valence-corrected chi connectivity index (χ4v) is 1.33. The van der Waals surface area contributed by atoms with Crippen LogP contribution in [0.1, 0.15) is 0 Å². The van der Waals surface area contributed by atoms with E-state index < -0.39 is 0 Å². The maximum atomic E-state index is 4.08. The van der Waals surface area contributed by atoms with Crippen LogP contribution >= 0.6 is 11.8 Å². The quantitative estimate of drug-likeness (QED) is 0.501. The summed E-state index contributed by atoms with van der Waals surface area (Å²) in [6.07, 6.45) is 3.61. The third-order valence-corrected chi connectivity index (χ3v) is 1.79. The second-order valence-electron chi connectivity index (χ2n) is 1.47.